The number of hydrogen-bond acceptors (Lipinski definition) is 2. The van der Waals surface area contributed by atoms with Gasteiger partial charge in [0.15, 0.2) is 0 Å². The molecule has 1 aromatic carbocycles. The fraction of sp³-hybridized carbons (Fsp3) is 0. The molecule has 1 aromatic rings. The highest BCUT2D eigenvalue weighted by molar-refractivity contribution is 6.42. The predicted octanol–water partition coefficient (Wildman–Crippen LogP) is 2.87. The van der Waals surface area contributed by atoms with Crippen molar-refractivity contribution < 1.29 is 4.79 Å². The fourth-order valence-electron chi connectivity index (χ4n) is 1.17. The Morgan fingerprint density at radius 2 is 1.57 bits per heavy atom. The Labute approximate surface area is 90.7 Å². The van der Waals surface area contributed by atoms with Crippen molar-refractivity contribution in [3.63, 3.8) is 0 Å². The molecule has 0 aromatic heterocycles. The fourth-order valence-corrected chi connectivity index (χ4v) is 1.50. The van der Waals surface area contributed by atoms with E-state index in [4.69, 9.17) is 23.2 Å². The van der Waals surface area contributed by atoms with Crippen LogP contribution in [0.15, 0.2) is 24.4 Å². The third kappa shape index (κ3) is 1.45. The number of amides is 1. The van der Waals surface area contributed by atoms with Gasteiger partial charge in [0.1, 0.15) is 0 Å². The molecular weight excluding hydrogens is 223 g/mol. The average Bonchev–Trinajstić information content (AvgIpc) is 2.11. The number of nitrogens with one attached hydrogen (secondary N) is 2. The molecular formula is C9H6Cl2N2O. The van der Waals surface area contributed by atoms with Gasteiger partial charge in [0, 0.05) is 0 Å². The lowest BCUT2D eigenvalue weighted by atomic mass is 10.2. The van der Waals surface area contributed by atoms with Crippen LogP contribution in [0.3, 0.4) is 0 Å². The van der Waals surface area contributed by atoms with Crippen molar-refractivity contribution in [3.8, 4) is 0 Å². The van der Waals surface area contributed by atoms with Gasteiger partial charge in [-0.2, -0.15) is 0 Å². The number of halogens is 2. The molecule has 0 bridgehead atoms. The van der Waals surface area contributed by atoms with Crippen molar-refractivity contribution in [2.75, 3.05) is 10.6 Å². The van der Waals surface area contributed by atoms with Crippen LogP contribution < -0.4 is 10.6 Å². The molecule has 1 heterocycles. The molecule has 0 saturated carbocycles. The van der Waals surface area contributed by atoms with Crippen LogP contribution in [0.5, 0.6) is 0 Å². The molecule has 0 atom stereocenters. The monoisotopic (exact) mass is 228 g/mol. The summed E-state index contributed by atoms with van der Waals surface area (Å²) in [5.74, 6) is -0.268. The van der Waals surface area contributed by atoms with Gasteiger partial charge in [-0.05, 0) is 12.1 Å². The van der Waals surface area contributed by atoms with Crippen molar-refractivity contribution in [2.24, 2.45) is 0 Å². The minimum Gasteiger partial charge on any atom is -0.350 e. The van der Waals surface area contributed by atoms with E-state index in [0.717, 1.165) is 0 Å². The van der Waals surface area contributed by atoms with E-state index in [2.05, 4.69) is 17.2 Å². The molecule has 0 unspecified atom stereocenters. The zero-order chi connectivity index (χ0) is 10.3. The van der Waals surface area contributed by atoms with Gasteiger partial charge >= 0.3 is 0 Å². The van der Waals surface area contributed by atoms with Crippen LogP contribution in [0.25, 0.3) is 0 Å². The Morgan fingerprint density at radius 3 is 2.14 bits per heavy atom. The Hall–Kier alpha value is -1.19. The van der Waals surface area contributed by atoms with Crippen LogP contribution in [0.4, 0.5) is 11.4 Å². The minimum atomic E-state index is -0.268. The van der Waals surface area contributed by atoms with Gasteiger partial charge in [-0.25, -0.2) is 0 Å². The van der Waals surface area contributed by atoms with Crippen molar-refractivity contribution in [1.82, 2.24) is 0 Å². The molecule has 14 heavy (non-hydrogen) atoms. The van der Waals surface area contributed by atoms with Crippen molar-refractivity contribution in [3.05, 3.63) is 34.5 Å². The van der Waals surface area contributed by atoms with Gasteiger partial charge < -0.3 is 10.6 Å². The smallest absolute Gasteiger partial charge is 0.271 e. The molecule has 3 nitrogen and oxygen atoms in total. The lowest BCUT2D eigenvalue weighted by molar-refractivity contribution is -0.112. The maximum absolute atomic E-state index is 11.2. The normalized spacial score (nSPS) is 14.4. The first-order chi connectivity index (χ1) is 6.58. The summed E-state index contributed by atoms with van der Waals surface area (Å²) in [5, 5.41) is 6.30. The molecule has 0 spiro atoms. The topological polar surface area (TPSA) is 41.1 Å². The summed E-state index contributed by atoms with van der Waals surface area (Å²) in [6.45, 7) is 3.55. The number of carbonyl (C=O) groups is 1. The number of rotatable bonds is 0. The number of carbonyl (C=O) groups excluding carboxylic acids is 1. The van der Waals surface area contributed by atoms with Gasteiger partial charge in [0.05, 0.1) is 27.1 Å². The summed E-state index contributed by atoms with van der Waals surface area (Å²) in [5.41, 5.74) is 1.59. The van der Waals surface area contributed by atoms with E-state index < -0.39 is 0 Å². The lowest BCUT2D eigenvalue weighted by Crippen LogP contribution is -2.24. The maximum Gasteiger partial charge on any atom is 0.271 e. The quantitative estimate of drug-likeness (QED) is 0.671. The SMILES string of the molecule is C=C1Nc2cc(Cl)c(Cl)cc2NC1=O. The number of hydrogen-bond donors (Lipinski definition) is 2. The summed E-state index contributed by atoms with van der Waals surface area (Å²) in [7, 11) is 0. The first-order valence-electron chi connectivity index (χ1n) is 3.84. The zero-order valence-corrected chi connectivity index (χ0v) is 8.54. The minimum absolute atomic E-state index is 0.268. The summed E-state index contributed by atoms with van der Waals surface area (Å²) in [4.78, 5) is 11.2. The molecule has 5 heteroatoms. The molecule has 1 amide bonds. The maximum atomic E-state index is 11.2. The second kappa shape index (κ2) is 3.19. The number of fused-ring (bicyclic) bond motifs is 1. The second-order valence-electron chi connectivity index (χ2n) is 2.87. The Morgan fingerprint density at radius 1 is 1.07 bits per heavy atom. The van der Waals surface area contributed by atoms with Gasteiger partial charge in [0.25, 0.3) is 5.91 Å². The first-order valence-corrected chi connectivity index (χ1v) is 4.60. The molecule has 1 aliphatic heterocycles. The van der Waals surface area contributed by atoms with Crippen molar-refractivity contribution >= 4 is 40.5 Å². The van der Waals surface area contributed by atoms with E-state index in [1.54, 1.807) is 12.1 Å². The van der Waals surface area contributed by atoms with Crippen LogP contribution in [-0.2, 0) is 4.79 Å². The van der Waals surface area contributed by atoms with E-state index in [9.17, 15) is 4.79 Å². The molecule has 2 rings (SSSR count). The first kappa shape index (κ1) is 9.37. The van der Waals surface area contributed by atoms with Gasteiger partial charge in [-0.3, -0.25) is 4.79 Å². The van der Waals surface area contributed by atoms with Crippen LogP contribution in [-0.4, -0.2) is 5.91 Å². The Bertz CT molecular complexity index is 402. The van der Waals surface area contributed by atoms with E-state index in [1.165, 1.54) is 0 Å². The highest BCUT2D eigenvalue weighted by Gasteiger charge is 2.18. The largest absolute Gasteiger partial charge is 0.350 e. The van der Waals surface area contributed by atoms with E-state index in [1.807, 2.05) is 0 Å². The molecule has 2 N–H and O–H groups in total. The summed E-state index contributed by atoms with van der Waals surface area (Å²) < 4.78 is 0. The molecule has 0 radical (unpaired) electrons. The lowest BCUT2D eigenvalue weighted by Gasteiger charge is -2.20. The molecule has 0 fully saturated rings. The molecule has 72 valence electrons. The third-order valence-electron chi connectivity index (χ3n) is 1.87. The number of anilines is 2. The van der Waals surface area contributed by atoms with Gasteiger partial charge in [-0.15, -0.1) is 0 Å². The number of benzene rings is 1. The van der Waals surface area contributed by atoms with Crippen molar-refractivity contribution in [2.45, 2.75) is 0 Å². The molecule has 0 saturated heterocycles. The standard InChI is InChI=1S/C9H6Cl2N2O/c1-4-9(14)13-8-3-6(11)5(10)2-7(8)12-4/h2-3,12H,1H2,(H,13,14). The molecule has 0 aliphatic carbocycles. The Balaban J connectivity index is 2.53. The van der Waals surface area contributed by atoms with E-state index >= 15 is 0 Å². The molecule has 1 aliphatic rings. The van der Waals surface area contributed by atoms with Crippen LogP contribution in [0.1, 0.15) is 0 Å². The average molecular weight is 229 g/mol. The highest BCUT2D eigenvalue weighted by atomic mass is 35.5. The van der Waals surface area contributed by atoms with E-state index in [0.29, 0.717) is 21.4 Å². The van der Waals surface area contributed by atoms with Crippen molar-refractivity contribution in [1.29, 1.82) is 0 Å². The van der Waals surface area contributed by atoms with Crippen LogP contribution in [0, 0.1) is 0 Å². The summed E-state index contributed by atoms with van der Waals surface area (Å²) >= 11 is 11.6. The van der Waals surface area contributed by atoms with Gasteiger partial charge in [0.2, 0.25) is 0 Å². The summed E-state index contributed by atoms with van der Waals surface area (Å²) in [6.07, 6.45) is 0. The van der Waals surface area contributed by atoms with Gasteiger partial charge in [-0.1, -0.05) is 29.8 Å². The zero-order valence-electron chi connectivity index (χ0n) is 7.03. The van der Waals surface area contributed by atoms with E-state index in [-0.39, 0.29) is 11.6 Å². The third-order valence-corrected chi connectivity index (χ3v) is 2.59. The Kier molecular flexibility index (Phi) is 2.13. The van der Waals surface area contributed by atoms with Crippen LogP contribution in [0.2, 0.25) is 10.0 Å². The van der Waals surface area contributed by atoms with Crippen LogP contribution >= 0.6 is 23.2 Å². The summed E-state index contributed by atoms with van der Waals surface area (Å²) in [6, 6.07) is 3.24. The highest BCUT2D eigenvalue weighted by Crippen LogP contribution is 2.35. The second-order valence-corrected chi connectivity index (χ2v) is 3.68. The predicted molar refractivity (Wildman–Crippen MR) is 57.9 cm³/mol.